The van der Waals surface area contributed by atoms with Gasteiger partial charge in [0.1, 0.15) is 0 Å². The number of rotatable bonds is 7. The van der Waals surface area contributed by atoms with Crippen molar-refractivity contribution in [3.05, 3.63) is 0 Å². The number of likely N-dealkylation sites (N-methyl/N-ethyl adjacent to an activating group) is 1. The third kappa shape index (κ3) is 4.49. The van der Waals surface area contributed by atoms with E-state index < -0.39 is 0 Å². The highest BCUT2D eigenvalue weighted by Gasteiger charge is 2.30. The Balaban J connectivity index is 4.42. The van der Waals surface area contributed by atoms with E-state index in [0.717, 1.165) is 0 Å². The number of methoxy groups -OCH3 is 1. The zero-order valence-electron chi connectivity index (χ0n) is 11.2. The number of hydrogen-bond donors (Lipinski definition) is 1. The lowest BCUT2D eigenvalue weighted by molar-refractivity contribution is 0.0170. The molecule has 0 rings (SSSR count). The van der Waals surface area contributed by atoms with Gasteiger partial charge in [0.15, 0.2) is 0 Å². The molecule has 0 aliphatic carbocycles. The van der Waals surface area contributed by atoms with E-state index in [4.69, 9.17) is 10.5 Å². The fourth-order valence-electron chi connectivity index (χ4n) is 1.99. The molecule has 0 aromatic heterocycles. The normalized spacial score (nSPS) is 18.2. The first-order valence-electron chi connectivity index (χ1n) is 5.79. The van der Waals surface area contributed by atoms with Gasteiger partial charge in [0, 0.05) is 19.7 Å². The molecule has 0 aliphatic heterocycles. The van der Waals surface area contributed by atoms with Crippen LogP contribution in [-0.4, -0.2) is 43.8 Å². The van der Waals surface area contributed by atoms with Crippen LogP contribution in [0.15, 0.2) is 0 Å². The molecule has 0 heterocycles. The fraction of sp³-hybridized carbons (Fsp3) is 1.00. The van der Waals surface area contributed by atoms with Crippen LogP contribution < -0.4 is 5.73 Å². The minimum Gasteiger partial charge on any atom is -0.383 e. The molecule has 0 bridgehead atoms. The van der Waals surface area contributed by atoms with E-state index in [0.29, 0.717) is 25.1 Å². The molecule has 3 nitrogen and oxygen atoms in total. The van der Waals surface area contributed by atoms with Gasteiger partial charge in [0.05, 0.1) is 12.1 Å². The van der Waals surface area contributed by atoms with Crippen molar-refractivity contribution in [2.45, 2.75) is 45.7 Å². The van der Waals surface area contributed by atoms with Crippen molar-refractivity contribution < 1.29 is 4.74 Å². The first-order chi connectivity index (χ1) is 6.87. The molecule has 2 N–H and O–H groups in total. The Bertz CT molecular complexity index is 173. The first-order valence-corrected chi connectivity index (χ1v) is 5.79. The lowest BCUT2D eigenvalue weighted by atomic mass is 9.96. The van der Waals surface area contributed by atoms with Gasteiger partial charge in [-0.1, -0.05) is 13.8 Å². The summed E-state index contributed by atoms with van der Waals surface area (Å²) in [6, 6.07) is 0.536. The van der Waals surface area contributed by atoms with Gasteiger partial charge in [0.2, 0.25) is 0 Å². The van der Waals surface area contributed by atoms with Crippen molar-refractivity contribution in [2.24, 2.45) is 11.7 Å². The summed E-state index contributed by atoms with van der Waals surface area (Å²) < 4.78 is 5.25. The third-order valence-electron chi connectivity index (χ3n) is 3.22. The standard InChI is InChI=1S/C12H28N2O/c1-10(2)7-11(3)14(5)12(4,8-13)9-15-6/h10-11H,7-9,13H2,1-6H3. The van der Waals surface area contributed by atoms with Gasteiger partial charge in [-0.2, -0.15) is 0 Å². The summed E-state index contributed by atoms with van der Waals surface area (Å²) >= 11 is 0. The highest BCUT2D eigenvalue weighted by atomic mass is 16.5. The smallest absolute Gasteiger partial charge is 0.0656 e. The molecule has 0 saturated heterocycles. The molecular formula is C12H28N2O. The van der Waals surface area contributed by atoms with E-state index >= 15 is 0 Å². The van der Waals surface area contributed by atoms with Crippen LogP contribution in [-0.2, 0) is 4.74 Å². The summed E-state index contributed by atoms with van der Waals surface area (Å²) in [7, 11) is 3.87. The zero-order chi connectivity index (χ0) is 12.1. The van der Waals surface area contributed by atoms with Crippen molar-refractivity contribution in [3.8, 4) is 0 Å². The molecule has 0 aromatic carbocycles. The number of hydrogen-bond acceptors (Lipinski definition) is 3. The topological polar surface area (TPSA) is 38.5 Å². The molecule has 92 valence electrons. The van der Waals surface area contributed by atoms with Gasteiger partial charge in [0.25, 0.3) is 0 Å². The highest BCUT2D eigenvalue weighted by Crippen LogP contribution is 2.19. The van der Waals surface area contributed by atoms with Crippen molar-refractivity contribution in [2.75, 3.05) is 27.3 Å². The van der Waals surface area contributed by atoms with E-state index in [1.807, 2.05) is 0 Å². The Morgan fingerprint density at radius 1 is 1.33 bits per heavy atom. The Kier molecular flexibility index (Phi) is 6.41. The Hall–Kier alpha value is -0.120. The average molecular weight is 216 g/mol. The predicted octanol–water partition coefficient (Wildman–Crippen LogP) is 1.72. The number of nitrogens with two attached hydrogens (primary N) is 1. The van der Waals surface area contributed by atoms with Crippen LogP contribution in [0.25, 0.3) is 0 Å². The van der Waals surface area contributed by atoms with Crippen molar-refractivity contribution >= 4 is 0 Å². The van der Waals surface area contributed by atoms with Crippen molar-refractivity contribution in [3.63, 3.8) is 0 Å². The molecule has 0 amide bonds. The first kappa shape index (κ1) is 14.9. The molecular weight excluding hydrogens is 188 g/mol. The molecule has 0 saturated carbocycles. The van der Waals surface area contributed by atoms with Crippen LogP contribution in [0.3, 0.4) is 0 Å². The second-order valence-corrected chi connectivity index (χ2v) is 5.22. The number of nitrogens with zero attached hydrogens (tertiary/aromatic N) is 1. The Morgan fingerprint density at radius 3 is 2.20 bits per heavy atom. The van der Waals surface area contributed by atoms with Gasteiger partial charge < -0.3 is 10.5 Å². The van der Waals surface area contributed by atoms with E-state index in [1.165, 1.54) is 6.42 Å². The highest BCUT2D eigenvalue weighted by molar-refractivity contribution is 4.88. The zero-order valence-corrected chi connectivity index (χ0v) is 11.2. The summed E-state index contributed by atoms with van der Waals surface area (Å²) in [4.78, 5) is 2.34. The van der Waals surface area contributed by atoms with Gasteiger partial charge in [-0.25, -0.2) is 0 Å². The fourth-order valence-corrected chi connectivity index (χ4v) is 1.99. The molecule has 2 unspecified atom stereocenters. The molecule has 15 heavy (non-hydrogen) atoms. The van der Waals surface area contributed by atoms with E-state index in [2.05, 4.69) is 39.6 Å². The molecule has 0 spiro atoms. The van der Waals surface area contributed by atoms with Crippen LogP contribution in [0.1, 0.15) is 34.1 Å². The van der Waals surface area contributed by atoms with Crippen molar-refractivity contribution in [1.82, 2.24) is 4.90 Å². The summed E-state index contributed by atoms with van der Waals surface area (Å²) in [6.45, 7) is 10.2. The van der Waals surface area contributed by atoms with Crippen molar-refractivity contribution in [1.29, 1.82) is 0 Å². The third-order valence-corrected chi connectivity index (χ3v) is 3.22. The molecule has 0 fully saturated rings. The number of ether oxygens (including phenoxy) is 1. The minimum absolute atomic E-state index is 0.0525. The maximum absolute atomic E-state index is 5.84. The summed E-state index contributed by atoms with van der Waals surface area (Å²) in [5.74, 6) is 0.715. The maximum atomic E-state index is 5.84. The van der Waals surface area contributed by atoms with Gasteiger partial charge in [-0.3, -0.25) is 4.90 Å². The van der Waals surface area contributed by atoms with Crippen LogP contribution in [0.5, 0.6) is 0 Å². The second-order valence-electron chi connectivity index (χ2n) is 5.22. The quantitative estimate of drug-likeness (QED) is 0.704. The summed E-state index contributed by atoms with van der Waals surface area (Å²) in [5, 5.41) is 0. The van der Waals surface area contributed by atoms with Crippen LogP contribution in [0.2, 0.25) is 0 Å². The molecule has 2 atom stereocenters. The van der Waals surface area contributed by atoms with E-state index in [1.54, 1.807) is 7.11 Å². The summed E-state index contributed by atoms with van der Waals surface area (Å²) in [6.07, 6.45) is 1.19. The van der Waals surface area contributed by atoms with Gasteiger partial charge in [-0.15, -0.1) is 0 Å². The maximum Gasteiger partial charge on any atom is 0.0656 e. The Morgan fingerprint density at radius 2 is 1.87 bits per heavy atom. The van der Waals surface area contributed by atoms with Crippen LogP contribution >= 0.6 is 0 Å². The van der Waals surface area contributed by atoms with Crippen LogP contribution in [0, 0.1) is 5.92 Å². The minimum atomic E-state index is -0.0525. The largest absolute Gasteiger partial charge is 0.383 e. The molecule has 0 aliphatic rings. The monoisotopic (exact) mass is 216 g/mol. The molecule has 3 heteroatoms. The summed E-state index contributed by atoms with van der Waals surface area (Å²) in [5.41, 5.74) is 5.79. The lowest BCUT2D eigenvalue weighted by Gasteiger charge is -2.41. The molecule has 0 aromatic rings. The second kappa shape index (κ2) is 6.46. The van der Waals surface area contributed by atoms with Gasteiger partial charge >= 0.3 is 0 Å². The van der Waals surface area contributed by atoms with E-state index in [9.17, 15) is 0 Å². The van der Waals surface area contributed by atoms with Crippen LogP contribution in [0.4, 0.5) is 0 Å². The molecule has 0 radical (unpaired) electrons. The Labute approximate surface area is 95.0 Å². The van der Waals surface area contributed by atoms with Gasteiger partial charge in [-0.05, 0) is 33.2 Å². The SMILES string of the molecule is COCC(C)(CN)N(C)C(C)CC(C)C. The van der Waals surface area contributed by atoms with E-state index in [-0.39, 0.29) is 5.54 Å². The predicted molar refractivity (Wildman–Crippen MR) is 66.0 cm³/mol. The average Bonchev–Trinajstić information content (AvgIpc) is 2.15. The lowest BCUT2D eigenvalue weighted by Crippen LogP contribution is -2.56.